The number of aromatic nitrogens is 4. The molecular formula is C22H20N4O3. The van der Waals surface area contributed by atoms with Gasteiger partial charge in [-0.3, -0.25) is 0 Å². The van der Waals surface area contributed by atoms with Crippen molar-refractivity contribution < 1.29 is 14.2 Å². The largest absolute Gasteiger partial charge is 0.496 e. The van der Waals surface area contributed by atoms with E-state index in [0.29, 0.717) is 34.6 Å². The molecule has 0 radical (unpaired) electrons. The van der Waals surface area contributed by atoms with E-state index >= 15 is 0 Å². The lowest BCUT2D eigenvalue weighted by molar-refractivity contribution is 0.371. The molecule has 7 heteroatoms. The van der Waals surface area contributed by atoms with Gasteiger partial charge in [0.05, 0.1) is 19.8 Å². The van der Waals surface area contributed by atoms with Gasteiger partial charge < -0.3 is 14.2 Å². The molecule has 0 atom stereocenters. The maximum Gasteiger partial charge on any atom is 0.237 e. The molecule has 0 N–H and O–H groups in total. The minimum atomic E-state index is 0.392. The number of allylic oxidation sites excluding steroid dienone is 1. The van der Waals surface area contributed by atoms with Crippen LogP contribution in [0.1, 0.15) is 5.56 Å². The number of nitrogens with zero attached hydrogens (tertiary/aromatic N) is 4. The Morgan fingerprint density at radius 1 is 0.931 bits per heavy atom. The zero-order valence-corrected chi connectivity index (χ0v) is 16.2. The topological polar surface area (TPSA) is 70.8 Å². The summed E-state index contributed by atoms with van der Waals surface area (Å²) in [5.74, 6) is 2.84. The van der Waals surface area contributed by atoms with Crippen molar-refractivity contribution >= 4 is 5.65 Å². The molecule has 2 aromatic heterocycles. The van der Waals surface area contributed by atoms with Crippen LogP contribution in [0.15, 0.2) is 67.3 Å². The molecule has 0 bridgehead atoms. The minimum absolute atomic E-state index is 0.392. The molecule has 0 spiro atoms. The van der Waals surface area contributed by atoms with E-state index in [-0.39, 0.29) is 0 Å². The molecule has 2 heterocycles. The molecule has 4 rings (SSSR count). The second kappa shape index (κ2) is 8.02. The van der Waals surface area contributed by atoms with Crippen LogP contribution in [0.2, 0.25) is 0 Å². The van der Waals surface area contributed by atoms with Gasteiger partial charge in [-0.25, -0.2) is 0 Å². The van der Waals surface area contributed by atoms with E-state index in [1.165, 1.54) is 0 Å². The summed E-state index contributed by atoms with van der Waals surface area (Å²) >= 11 is 0. The maximum atomic E-state index is 5.99. The Kier molecular flexibility index (Phi) is 5.11. The van der Waals surface area contributed by atoms with Crippen molar-refractivity contribution in [1.29, 1.82) is 0 Å². The highest BCUT2D eigenvalue weighted by Crippen LogP contribution is 2.33. The van der Waals surface area contributed by atoms with Gasteiger partial charge in [0.1, 0.15) is 5.75 Å². The predicted molar refractivity (Wildman–Crippen MR) is 110 cm³/mol. The Bertz CT molecular complexity index is 1170. The molecule has 2 aromatic carbocycles. The van der Waals surface area contributed by atoms with Crippen molar-refractivity contribution in [3.8, 4) is 34.5 Å². The molecule has 0 unspecified atom stereocenters. The van der Waals surface area contributed by atoms with Crippen molar-refractivity contribution in [2.45, 2.75) is 6.42 Å². The maximum absolute atomic E-state index is 5.99. The summed E-state index contributed by atoms with van der Waals surface area (Å²) in [6.07, 6.45) is 2.60. The first kappa shape index (κ1) is 18.5. The average Bonchev–Trinajstić information content (AvgIpc) is 3.18. The third kappa shape index (κ3) is 3.62. The van der Waals surface area contributed by atoms with E-state index in [9.17, 15) is 0 Å². The van der Waals surface area contributed by atoms with Crippen LogP contribution in [0.3, 0.4) is 0 Å². The molecule has 4 aromatic rings. The number of para-hydroxylation sites is 1. The summed E-state index contributed by atoms with van der Waals surface area (Å²) in [7, 11) is 3.22. The van der Waals surface area contributed by atoms with E-state index in [1.807, 2.05) is 48.5 Å². The molecule has 0 saturated heterocycles. The van der Waals surface area contributed by atoms with E-state index in [4.69, 9.17) is 14.2 Å². The Morgan fingerprint density at radius 2 is 1.76 bits per heavy atom. The quantitative estimate of drug-likeness (QED) is 0.439. The number of hydrogen-bond acceptors (Lipinski definition) is 6. The molecule has 146 valence electrons. The van der Waals surface area contributed by atoms with Gasteiger partial charge in [-0.15, -0.1) is 21.9 Å². The van der Waals surface area contributed by atoms with Crippen LogP contribution in [0.4, 0.5) is 0 Å². The van der Waals surface area contributed by atoms with Gasteiger partial charge in [0.15, 0.2) is 23.0 Å². The SMILES string of the molecule is C=CCc1ccc(Oc2ccc3nnc(-c4ccccc4OC)n3n2)c(OC)c1. The number of benzene rings is 2. The summed E-state index contributed by atoms with van der Waals surface area (Å²) in [6, 6.07) is 16.9. The van der Waals surface area contributed by atoms with E-state index < -0.39 is 0 Å². The first-order valence-electron chi connectivity index (χ1n) is 9.05. The zero-order chi connectivity index (χ0) is 20.2. The number of fused-ring (bicyclic) bond motifs is 1. The summed E-state index contributed by atoms with van der Waals surface area (Å²) in [5, 5.41) is 13.0. The van der Waals surface area contributed by atoms with Crippen molar-refractivity contribution in [2.75, 3.05) is 14.2 Å². The summed E-state index contributed by atoms with van der Waals surface area (Å²) < 4.78 is 18.5. The van der Waals surface area contributed by atoms with Gasteiger partial charge in [-0.1, -0.05) is 24.3 Å². The van der Waals surface area contributed by atoms with Crippen LogP contribution >= 0.6 is 0 Å². The molecule has 0 aliphatic carbocycles. The second-order valence-corrected chi connectivity index (χ2v) is 6.25. The van der Waals surface area contributed by atoms with E-state index in [1.54, 1.807) is 30.9 Å². The van der Waals surface area contributed by atoms with Crippen molar-refractivity contribution in [3.63, 3.8) is 0 Å². The van der Waals surface area contributed by atoms with Crippen LogP contribution < -0.4 is 14.2 Å². The third-order valence-electron chi connectivity index (χ3n) is 4.41. The molecule has 0 amide bonds. The minimum Gasteiger partial charge on any atom is -0.496 e. The van der Waals surface area contributed by atoms with Crippen LogP contribution in [-0.2, 0) is 6.42 Å². The highest BCUT2D eigenvalue weighted by molar-refractivity contribution is 5.66. The van der Waals surface area contributed by atoms with E-state index in [0.717, 1.165) is 17.5 Å². The van der Waals surface area contributed by atoms with Crippen molar-refractivity contribution in [3.05, 3.63) is 72.8 Å². The average molecular weight is 388 g/mol. The summed E-state index contributed by atoms with van der Waals surface area (Å²) in [6.45, 7) is 3.77. The lowest BCUT2D eigenvalue weighted by atomic mass is 10.1. The third-order valence-corrected chi connectivity index (χ3v) is 4.41. The van der Waals surface area contributed by atoms with Crippen molar-refractivity contribution in [2.24, 2.45) is 0 Å². The lowest BCUT2D eigenvalue weighted by Crippen LogP contribution is -2.00. The van der Waals surface area contributed by atoms with Gasteiger partial charge in [0.25, 0.3) is 0 Å². The number of ether oxygens (including phenoxy) is 3. The monoisotopic (exact) mass is 388 g/mol. The Balaban J connectivity index is 1.72. The predicted octanol–water partition coefficient (Wildman–Crippen LogP) is 4.33. The Hall–Kier alpha value is -3.87. The van der Waals surface area contributed by atoms with Gasteiger partial charge in [0, 0.05) is 6.07 Å². The first-order chi connectivity index (χ1) is 14.2. The van der Waals surface area contributed by atoms with Gasteiger partial charge in [0.2, 0.25) is 5.88 Å². The molecule has 0 saturated carbocycles. The Morgan fingerprint density at radius 3 is 2.55 bits per heavy atom. The zero-order valence-electron chi connectivity index (χ0n) is 16.2. The van der Waals surface area contributed by atoms with Crippen LogP contribution in [0.5, 0.6) is 23.1 Å². The highest BCUT2D eigenvalue weighted by atomic mass is 16.5. The standard InChI is InChI=1S/C22H20N4O3/c1-4-7-15-10-11-18(19(14-15)28-3)29-21-13-12-20-23-24-22(26(20)25-21)16-8-5-6-9-17(16)27-2/h4-6,8-14H,1,7H2,2-3H3. The van der Waals surface area contributed by atoms with Crippen LogP contribution in [0, 0.1) is 0 Å². The number of rotatable bonds is 7. The van der Waals surface area contributed by atoms with Gasteiger partial charge >= 0.3 is 0 Å². The lowest BCUT2D eigenvalue weighted by Gasteiger charge is -2.11. The molecule has 0 aliphatic rings. The summed E-state index contributed by atoms with van der Waals surface area (Å²) in [4.78, 5) is 0. The fraction of sp³-hybridized carbons (Fsp3) is 0.136. The first-order valence-corrected chi connectivity index (χ1v) is 9.05. The van der Waals surface area contributed by atoms with Crippen LogP contribution in [-0.4, -0.2) is 34.0 Å². The van der Waals surface area contributed by atoms with Gasteiger partial charge in [-0.2, -0.15) is 4.52 Å². The second-order valence-electron chi connectivity index (χ2n) is 6.25. The normalized spacial score (nSPS) is 10.7. The van der Waals surface area contributed by atoms with E-state index in [2.05, 4.69) is 21.9 Å². The molecule has 7 nitrogen and oxygen atoms in total. The highest BCUT2D eigenvalue weighted by Gasteiger charge is 2.15. The molecule has 0 fully saturated rings. The molecular weight excluding hydrogens is 368 g/mol. The number of hydrogen-bond donors (Lipinski definition) is 0. The fourth-order valence-corrected chi connectivity index (χ4v) is 3.03. The fourth-order valence-electron chi connectivity index (χ4n) is 3.03. The molecule has 0 aliphatic heterocycles. The summed E-state index contributed by atoms with van der Waals surface area (Å²) in [5.41, 5.74) is 2.48. The smallest absolute Gasteiger partial charge is 0.237 e. The van der Waals surface area contributed by atoms with Gasteiger partial charge in [-0.05, 0) is 42.3 Å². The van der Waals surface area contributed by atoms with Crippen molar-refractivity contribution in [1.82, 2.24) is 19.8 Å². The van der Waals surface area contributed by atoms with Crippen LogP contribution in [0.25, 0.3) is 17.0 Å². The number of methoxy groups -OCH3 is 2. The molecule has 29 heavy (non-hydrogen) atoms. The Labute approximate surface area is 168 Å².